The summed E-state index contributed by atoms with van der Waals surface area (Å²) < 4.78 is 29.8. The predicted octanol–water partition coefficient (Wildman–Crippen LogP) is 3.09. The first-order chi connectivity index (χ1) is 10.9. The molecule has 0 unspecified atom stereocenters. The summed E-state index contributed by atoms with van der Waals surface area (Å²) in [5, 5.41) is 3.81. The standard InChI is InChI=1S/C17H20N2O3S/c1-13(2)22-16-7-9-17(10-8-16)23(20,21)19-18-12-15-6-4-5-14(3)11-15/h4-13,19H,1-3H3/b18-12+. The second-order valence-corrected chi connectivity index (χ2v) is 7.07. The van der Waals surface area contributed by atoms with Gasteiger partial charge in [0.05, 0.1) is 17.2 Å². The van der Waals surface area contributed by atoms with E-state index in [0.29, 0.717) is 5.75 Å². The summed E-state index contributed by atoms with van der Waals surface area (Å²) in [7, 11) is -3.69. The van der Waals surface area contributed by atoms with Crippen molar-refractivity contribution in [1.82, 2.24) is 4.83 Å². The maximum absolute atomic E-state index is 12.2. The molecule has 122 valence electrons. The van der Waals surface area contributed by atoms with Gasteiger partial charge in [-0.1, -0.05) is 29.8 Å². The summed E-state index contributed by atoms with van der Waals surface area (Å²) in [5.74, 6) is 0.627. The highest BCUT2D eigenvalue weighted by Crippen LogP contribution is 2.17. The molecule has 0 spiro atoms. The van der Waals surface area contributed by atoms with E-state index in [9.17, 15) is 8.42 Å². The Morgan fingerprint density at radius 1 is 1.13 bits per heavy atom. The first kappa shape index (κ1) is 17.0. The van der Waals surface area contributed by atoms with E-state index in [1.807, 2.05) is 45.0 Å². The number of ether oxygens (including phenoxy) is 1. The van der Waals surface area contributed by atoms with Crippen molar-refractivity contribution >= 4 is 16.2 Å². The van der Waals surface area contributed by atoms with Crippen LogP contribution in [-0.4, -0.2) is 20.7 Å². The lowest BCUT2D eigenvalue weighted by atomic mass is 10.2. The second-order valence-electron chi connectivity index (χ2n) is 5.41. The highest BCUT2D eigenvalue weighted by molar-refractivity contribution is 7.89. The van der Waals surface area contributed by atoms with Gasteiger partial charge < -0.3 is 4.74 Å². The minimum Gasteiger partial charge on any atom is -0.491 e. The molecule has 0 radical (unpaired) electrons. The first-order valence-corrected chi connectivity index (χ1v) is 8.73. The first-order valence-electron chi connectivity index (χ1n) is 7.25. The quantitative estimate of drug-likeness (QED) is 0.653. The summed E-state index contributed by atoms with van der Waals surface area (Å²) in [6.45, 7) is 5.78. The Morgan fingerprint density at radius 2 is 1.83 bits per heavy atom. The number of nitrogens with zero attached hydrogens (tertiary/aromatic N) is 1. The molecule has 5 nitrogen and oxygen atoms in total. The van der Waals surface area contributed by atoms with E-state index in [1.165, 1.54) is 18.3 Å². The van der Waals surface area contributed by atoms with Gasteiger partial charge in [0, 0.05) is 0 Å². The normalized spacial score (nSPS) is 11.8. The van der Waals surface area contributed by atoms with Crippen molar-refractivity contribution in [3.63, 3.8) is 0 Å². The molecule has 0 aromatic heterocycles. The lowest BCUT2D eigenvalue weighted by Crippen LogP contribution is -2.18. The molecule has 0 saturated heterocycles. The lowest BCUT2D eigenvalue weighted by molar-refractivity contribution is 0.242. The molecular formula is C17H20N2O3S. The molecule has 2 aromatic rings. The summed E-state index contributed by atoms with van der Waals surface area (Å²) in [5.41, 5.74) is 1.91. The highest BCUT2D eigenvalue weighted by Gasteiger charge is 2.12. The molecule has 0 aliphatic rings. The van der Waals surface area contributed by atoms with Crippen LogP contribution >= 0.6 is 0 Å². The van der Waals surface area contributed by atoms with E-state index in [0.717, 1.165) is 11.1 Å². The maximum Gasteiger partial charge on any atom is 0.276 e. The third kappa shape index (κ3) is 5.10. The Morgan fingerprint density at radius 3 is 2.43 bits per heavy atom. The van der Waals surface area contributed by atoms with Gasteiger partial charge in [-0.2, -0.15) is 13.5 Å². The van der Waals surface area contributed by atoms with Crippen molar-refractivity contribution in [2.75, 3.05) is 0 Å². The molecule has 6 heteroatoms. The van der Waals surface area contributed by atoms with Crippen molar-refractivity contribution in [2.45, 2.75) is 31.8 Å². The zero-order chi connectivity index (χ0) is 16.9. The molecule has 0 heterocycles. The molecule has 0 amide bonds. The van der Waals surface area contributed by atoms with Crippen molar-refractivity contribution < 1.29 is 13.2 Å². The largest absolute Gasteiger partial charge is 0.491 e. The Kier molecular flexibility index (Phi) is 5.39. The minimum absolute atomic E-state index is 0.0366. The molecule has 1 N–H and O–H groups in total. The third-order valence-corrected chi connectivity index (χ3v) is 4.17. The molecule has 23 heavy (non-hydrogen) atoms. The van der Waals surface area contributed by atoms with Crippen molar-refractivity contribution in [2.24, 2.45) is 5.10 Å². The number of hydrogen-bond acceptors (Lipinski definition) is 4. The fourth-order valence-electron chi connectivity index (χ4n) is 1.94. The van der Waals surface area contributed by atoms with Crippen LogP contribution < -0.4 is 9.57 Å². The van der Waals surface area contributed by atoms with E-state index in [-0.39, 0.29) is 11.0 Å². The number of benzene rings is 2. The number of rotatable bonds is 6. The summed E-state index contributed by atoms with van der Waals surface area (Å²) in [4.78, 5) is 2.34. The minimum atomic E-state index is -3.69. The molecule has 0 aliphatic heterocycles. The lowest BCUT2D eigenvalue weighted by Gasteiger charge is -2.10. The van der Waals surface area contributed by atoms with Crippen LogP contribution in [0.4, 0.5) is 0 Å². The van der Waals surface area contributed by atoms with E-state index in [4.69, 9.17) is 4.74 Å². The molecule has 0 fully saturated rings. The van der Waals surface area contributed by atoms with Crippen molar-refractivity contribution in [3.05, 3.63) is 59.7 Å². The Bertz CT molecular complexity index is 782. The van der Waals surface area contributed by atoms with Gasteiger partial charge in [-0.3, -0.25) is 0 Å². The predicted molar refractivity (Wildman–Crippen MR) is 91.3 cm³/mol. The number of nitrogens with one attached hydrogen (secondary N) is 1. The monoisotopic (exact) mass is 332 g/mol. The number of hydrazone groups is 1. The van der Waals surface area contributed by atoms with Gasteiger partial charge in [0.25, 0.3) is 10.0 Å². The summed E-state index contributed by atoms with van der Waals surface area (Å²) in [6.07, 6.45) is 1.51. The molecule has 0 bridgehead atoms. The Hall–Kier alpha value is -2.34. The van der Waals surface area contributed by atoms with E-state index in [2.05, 4.69) is 9.93 Å². The van der Waals surface area contributed by atoms with Crippen LogP contribution in [0.3, 0.4) is 0 Å². The third-order valence-electron chi connectivity index (χ3n) is 2.93. The van der Waals surface area contributed by atoms with Gasteiger partial charge in [-0.05, 0) is 50.6 Å². The summed E-state index contributed by atoms with van der Waals surface area (Å²) in [6, 6.07) is 13.8. The fourth-order valence-corrected chi connectivity index (χ4v) is 2.73. The fraction of sp³-hybridized carbons (Fsp3) is 0.235. The topological polar surface area (TPSA) is 67.8 Å². The number of aryl methyl sites for hydroxylation is 1. The molecule has 0 aliphatic carbocycles. The van der Waals surface area contributed by atoms with Crippen LogP contribution in [0.5, 0.6) is 5.75 Å². The van der Waals surface area contributed by atoms with Gasteiger partial charge in [0.15, 0.2) is 0 Å². The number of sulfonamides is 1. The zero-order valence-corrected chi connectivity index (χ0v) is 14.2. The van der Waals surface area contributed by atoms with E-state index >= 15 is 0 Å². The second kappa shape index (κ2) is 7.28. The van der Waals surface area contributed by atoms with Crippen LogP contribution in [0.2, 0.25) is 0 Å². The Balaban J connectivity index is 2.06. The van der Waals surface area contributed by atoms with Gasteiger partial charge in [0.1, 0.15) is 5.75 Å². The van der Waals surface area contributed by atoms with Gasteiger partial charge >= 0.3 is 0 Å². The smallest absolute Gasteiger partial charge is 0.276 e. The van der Waals surface area contributed by atoms with Gasteiger partial charge in [-0.15, -0.1) is 0 Å². The van der Waals surface area contributed by atoms with Crippen molar-refractivity contribution in [1.29, 1.82) is 0 Å². The summed E-state index contributed by atoms with van der Waals surface area (Å²) >= 11 is 0. The SMILES string of the molecule is Cc1cccc(/C=N/NS(=O)(=O)c2ccc(OC(C)C)cc2)c1. The molecule has 2 aromatic carbocycles. The van der Waals surface area contributed by atoms with Crippen LogP contribution in [0.15, 0.2) is 58.5 Å². The van der Waals surface area contributed by atoms with Gasteiger partial charge in [-0.25, -0.2) is 4.83 Å². The van der Waals surface area contributed by atoms with E-state index < -0.39 is 10.0 Å². The van der Waals surface area contributed by atoms with E-state index in [1.54, 1.807) is 12.1 Å². The van der Waals surface area contributed by atoms with Gasteiger partial charge in [0.2, 0.25) is 0 Å². The maximum atomic E-state index is 12.2. The molecule has 2 rings (SSSR count). The molecule has 0 atom stereocenters. The molecular weight excluding hydrogens is 312 g/mol. The zero-order valence-electron chi connectivity index (χ0n) is 13.4. The van der Waals surface area contributed by atoms with Crippen LogP contribution in [-0.2, 0) is 10.0 Å². The van der Waals surface area contributed by atoms with Crippen LogP contribution in [0.1, 0.15) is 25.0 Å². The highest BCUT2D eigenvalue weighted by atomic mass is 32.2. The average molecular weight is 332 g/mol. The average Bonchev–Trinajstić information content (AvgIpc) is 2.47. The molecule has 0 saturated carbocycles. The Labute approximate surface area is 137 Å². The van der Waals surface area contributed by atoms with Crippen molar-refractivity contribution in [3.8, 4) is 5.75 Å². The van der Waals surface area contributed by atoms with Crippen LogP contribution in [0.25, 0.3) is 0 Å². The van der Waals surface area contributed by atoms with Crippen LogP contribution in [0, 0.1) is 6.92 Å². The number of hydrogen-bond donors (Lipinski definition) is 1.